The molecule has 0 saturated carbocycles. The number of hydrogen-bond donors (Lipinski definition) is 0. The summed E-state index contributed by atoms with van der Waals surface area (Å²) in [6, 6.07) is 25.8. The molecular formula is C31H35NO4. The van der Waals surface area contributed by atoms with Gasteiger partial charge in [-0.3, -0.25) is 0 Å². The van der Waals surface area contributed by atoms with Crippen molar-refractivity contribution in [3.05, 3.63) is 101 Å². The Morgan fingerprint density at radius 1 is 0.944 bits per heavy atom. The lowest BCUT2D eigenvalue weighted by Crippen LogP contribution is -2.27. The molecule has 1 aliphatic heterocycles. The highest BCUT2D eigenvalue weighted by molar-refractivity contribution is 5.83. The van der Waals surface area contributed by atoms with Gasteiger partial charge in [-0.25, -0.2) is 0 Å². The van der Waals surface area contributed by atoms with E-state index in [1.54, 1.807) is 14.2 Å². The summed E-state index contributed by atoms with van der Waals surface area (Å²) in [5, 5.41) is 0. The summed E-state index contributed by atoms with van der Waals surface area (Å²) in [5.74, 6) is 0.933. The molecule has 3 aromatic carbocycles. The van der Waals surface area contributed by atoms with Crippen LogP contribution in [0.2, 0.25) is 0 Å². The van der Waals surface area contributed by atoms with E-state index >= 15 is 0 Å². The minimum atomic E-state index is -0.309. The van der Waals surface area contributed by atoms with Gasteiger partial charge in [0.2, 0.25) is 0 Å². The van der Waals surface area contributed by atoms with Crippen LogP contribution in [-0.2, 0) is 27.2 Å². The minimum Gasteiger partial charge on any atom is -0.489 e. The van der Waals surface area contributed by atoms with E-state index in [4.69, 9.17) is 18.9 Å². The SMILES string of the molecule is COC(CO[C@H]1CCN(c2ccc(C3=CCCc4cc(OCc5ccccc5)ccc43)cc2)C1)OC. The van der Waals surface area contributed by atoms with E-state index in [0.29, 0.717) is 13.2 Å². The van der Waals surface area contributed by atoms with E-state index in [9.17, 15) is 0 Å². The van der Waals surface area contributed by atoms with Crippen molar-refractivity contribution >= 4 is 11.3 Å². The molecule has 0 amide bonds. The number of ether oxygens (including phenoxy) is 4. The second-order valence-corrected chi connectivity index (χ2v) is 9.39. The van der Waals surface area contributed by atoms with Crippen LogP contribution in [0.15, 0.2) is 78.9 Å². The fraction of sp³-hybridized carbons (Fsp3) is 0.355. The van der Waals surface area contributed by atoms with Crippen LogP contribution in [0, 0.1) is 0 Å². The highest BCUT2D eigenvalue weighted by Gasteiger charge is 2.24. The molecule has 0 bridgehead atoms. The van der Waals surface area contributed by atoms with E-state index < -0.39 is 0 Å². The van der Waals surface area contributed by atoms with Crippen molar-refractivity contribution in [2.75, 3.05) is 38.8 Å². The van der Waals surface area contributed by atoms with Gasteiger partial charge in [0, 0.05) is 33.0 Å². The van der Waals surface area contributed by atoms with Crippen LogP contribution >= 0.6 is 0 Å². The first-order valence-corrected chi connectivity index (χ1v) is 12.8. The molecule has 0 unspecified atom stereocenters. The topological polar surface area (TPSA) is 40.2 Å². The molecule has 0 aromatic heterocycles. The number of aryl methyl sites for hydroxylation is 1. The number of fused-ring (bicyclic) bond motifs is 1. The number of methoxy groups -OCH3 is 2. The number of benzene rings is 3. The number of hydrogen-bond acceptors (Lipinski definition) is 5. The van der Waals surface area contributed by atoms with Crippen molar-refractivity contribution in [1.82, 2.24) is 0 Å². The van der Waals surface area contributed by atoms with Crippen molar-refractivity contribution < 1.29 is 18.9 Å². The van der Waals surface area contributed by atoms with Gasteiger partial charge in [0.15, 0.2) is 6.29 Å². The monoisotopic (exact) mass is 485 g/mol. The molecule has 188 valence electrons. The fourth-order valence-corrected chi connectivity index (χ4v) is 5.02. The second-order valence-electron chi connectivity index (χ2n) is 9.39. The Morgan fingerprint density at radius 3 is 2.53 bits per heavy atom. The summed E-state index contributed by atoms with van der Waals surface area (Å²) >= 11 is 0. The molecule has 5 heteroatoms. The maximum absolute atomic E-state index is 6.07. The van der Waals surface area contributed by atoms with Crippen molar-refractivity contribution in [2.24, 2.45) is 0 Å². The van der Waals surface area contributed by atoms with Gasteiger partial charge in [0.25, 0.3) is 0 Å². The molecule has 5 nitrogen and oxygen atoms in total. The summed E-state index contributed by atoms with van der Waals surface area (Å²) < 4.78 is 22.5. The normalized spacial score (nSPS) is 17.2. The molecule has 0 radical (unpaired) electrons. The van der Waals surface area contributed by atoms with Crippen molar-refractivity contribution in [3.63, 3.8) is 0 Å². The van der Waals surface area contributed by atoms with Crippen LogP contribution in [0.25, 0.3) is 5.57 Å². The molecule has 0 N–H and O–H groups in total. The zero-order valence-corrected chi connectivity index (χ0v) is 21.2. The van der Waals surface area contributed by atoms with Gasteiger partial charge in [-0.2, -0.15) is 0 Å². The van der Waals surface area contributed by atoms with E-state index in [-0.39, 0.29) is 12.4 Å². The van der Waals surface area contributed by atoms with Gasteiger partial charge in [-0.05, 0) is 71.4 Å². The summed E-state index contributed by atoms with van der Waals surface area (Å²) in [6.45, 7) is 2.92. The van der Waals surface area contributed by atoms with Crippen LogP contribution in [0.3, 0.4) is 0 Å². The fourth-order valence-electron chi connectivity index (χ4n) is 5.02. The Morgan fingerprint density at radius 2 is 1.75 bits per heavy atom. The van der Waals surface area contributed by atoms with Gasteiger partial charge < -0.3 is 23.8 Å². The van der Waals surface area contributed by atoms with Crippen LogP contribution in [0.4, 0.5) is 5.69 Å². The van der Waals surface area contributed by atoms with Gasteiger partial charge in [0.1, 0.15) is 12.4 Å². The molecule has 2 aliphatic rings. The Labute approximate surface area is 214 Å². The van der Waals surface area contributed by atoms with Gasteiger partial charge in [-0.1, -0.05) is 54.6 Å². The van der Waals surface area contributed by atoms with Gasteiger partial charge in [-0.15, -0.1) is 0 Å². The summed E-state index contributed by atoms with van der Waals surface area (Å²) in [6.07, 6.45) is 5.35. The summed E-state index contributed by atoms with van der Waals surface area (Å²) in [5.41, 5.74) is 7.65. The lowest BCUT2D eigenvalue weighted by Gasteiger charge is -2.22. The van der Waals surface area contributed by atoms with Crippen LogP contribution in [0.1, 0.15) is 35.1 Å². The molecule has 1 saturated heterocycles. The molecule has 1 fully saturated rings. The summed E-state index contributed by atoms with van der Waals surface area (Å²) in [7, 11) is 3.28. The van der Waals surface area contributed by atoms with Crippen LogP contribution < -0.4 is 9.64 Å². The van der Waals surface area contributed by atoms with Gasteiger partial charge in [0.05, 0.1) is 12.7 Å². The molecular weight excluding hydrogens is 450 g/mol. The number of nitrogens with zero attached hydrogens (tertiary/aromatic N) is 1. The molecule has 3 aromatic rings. The predicted molar refractivity (Wildman–Crippen MR) is 143 cm³/mol. The van der Waals surface area contributed by atoms with Crippen molar-refractivity contribution in [1.29, 1.82) is 0 Å². The Balaban J connectivity index is 1.21. The Hall–Kier alpha value is -3.12. The van der Waals surface area contributed by atoms with Crippen molar-refractivity contribution in [3.8, 4) is 5.75 Å². The number of rotatable bonds is 10. The minimum absolute atomic E-state index is 0.198. The third-order valence-corrected chi connectivity index (χ3v) is 7.06. The number of anilines is 1. The van der Waals surface area contributed by atoms with Crippen LogP contribution in [0.5, 0.6) is 5.75 Å². The first-order chi connectivity index (χ1) is 17.7. The average molecular weight is 486 g/mol. The van der Waals surface area contributed by atoms with Crippen LogP contribution in [-0.4, -0.2) is 46.3 Å². The second kappa shape index (κ2) is 11.7. The molecule has 1 heterocycles. The highest BCUT2D eigenvalue weighted by Crippen LogP contribution is 2.35. The van der Waals surface area contributed by atoms with E-state index in [0.717, 1.165) is 38.1 Å². The molecule has 5 rings (SSSR count). The molecule has 36 heavy (non-hydrogen) atoms. The average Bonchev–Trinajstić information content (AvgIpc) is 3.42. The standard InChI is InChI=1S/C31H35NO4/c1-33-31(34-2)22-36-28-17-18-32(20-28)26-13-11-24(12-14-26)29-10-6-9-25-19-27(15-16-30(25)29)35-21-23-7-4-3-5-8-23/h3-5,7-8,10-16,19,28,31H,6,9,17-18,20-22H2,1-2H3/t28-/m0/s1. The zero-order valence-electron chi connectivity index (χ0n) is 21.2. The van der Waals surface area contributed by atoms with E-state index in [1.807, 2.05) is 18.2 Å². The predicted octanol–water partition coefficient (Wildman–Crippen LogP) is 5.86. The van der Waals surface area contributed by atoms with E-state index in [2.05, 4.69) is 65.6 Å². The first-order valence-electron chi connectivity index (χ1n) is 12.8. The highest BCUT2D eigenvalue weighted by atomic mass is 16.7. The molecule has 1 aliphatic carbocycles. The first kappa shape index (κ1) is 24.6. The van der Waals surface area contributed by atoms with Crippen molar-refractivity contribution in [2.45, 2.75) is 38.3 Å². The third-order valence-electron chi connectivity index (χ3n) is 7.06. The quantitative estimate of drug-likeness (QED) is 0.337. The molecule has 0 spiro atoms. The Kier molecular flexibility index (Phi) is 8.01. The maximum atomic E-state index is 6.07. The zero-order chi connectivity index (χ0) is 24.7. The number of allylic oxidation sites excluding steroid dienone is 1. The lowest BCUT2D eigenvalue weighted by atomic mass is 9.87. The lowest BCUT2D eigenvalue weighted by molar-refractivity contribution is -0.149. The maximum Gasteiger partial charge on any atom is 0.180 e. The smallest absolute Gasteiger partial charge is 0.180 e. The van der Waals surface area contributed by atoms with Gasteiger partial charge >= 0.3 is 0 Å². The van der Waals surface area contributed by atoms with E-state index in [1.165, 1.54) is 33.5 Å². The molecule has 1 atom stereocenters. The largest absolute Gasteiger partial charge is 0.489 e. The third kappa shape index (κ3) is 5.81. The Bertz CT molecular complexity index is 1150. The summed E-state index contributed by atoms with van der Waals surface area (Å²) in [4.78, 5) is 2.39.